The number of hydrogen-bond acceptors (Lipinski definition) is 3. The standard InChI is InChI=1S/C10H20BrNO3S/c1-9(4-5-11)7-12-16(13,14)8-10-3-2-6-15-10/h9-10,12H,2-8H2,1H3. The van der Waals surface area contributed by atoms with Gasteiger partial charge in [0, 0.05) is 18.5 Å². The Morgan fingerprint density at radius 3 is 2.88 bits per heavy atom. The fourth-order valence-electron chi connectivity index (χ4n) is 1.64. The third-order valence-electron chi connectivity index (χ3n) is 2.68. The topological polar surface area (TPSA) is 55.4 Å². The third kappa shape index (κ3) is 5.61. The Kier molecular flexibility index (Phi) is 6.25. The number of hydrogen-bond donors (Lipinski definition) is 1. The van der Waals surface area contributed by atoms with Crippen LogP contribution in [0.5, 0.6) is 0 Å². The zero-order chi connectivity index (χ0) is 12.0. The summed E-state index contributed by atoms with van der Waals surface area (Å²) in [5, 5.41) is 0.904. The van der Waals surface area contributed by atoms with Crippen LogP contribution >= 0.6 is 15.9 Å². The Labute approximate surface area is 106 Å². The van der Waals surface area contributed by atoms with E-state index in [0.717, 1.165) is 24.6 Å². The van der Waals surface area contributed by atoms with Gasteiger partial charge in [-0.15, -0.1) is 0 Å². The summed E-state index contributed by atoms with van der Waals surface area (Å²) in [5.41, 5.74) is 0. The van der Waals surface area contributed by atoms with E-state index < -0.39 is 10.0 Å². The second-order valence-electron chi connectivity index (χ2n) is 4.35. The van der Waals surface area contributed by atoms with Crippen molar-refractivity contribution in [1.82, 2.24) is 4.72 Å². The van der Waals surface area contributed by atoms with Crippen molar-refractivity contribution in [1.29, 1.82) is 0 Å². The molecule has 0 amide bonds. The summed E-state index contributed by atoms with van der Waals surface area (Å²) in [4.78, 5) is 0. The predicted molar refractivity (Wildman–Crippen MR) is 68.3 cm³/mol. The summed E-state index contributed by atoms with van der Waals surface area (Å²) in [6.07, 6.45) is 2.70. The number of nitrogens with one attached hydrogen (secondary N) is 1. The van der Waals surface area contributed by atoms with Crippen LogP contribution in [0.25, 0.3) is 0 Å². The van der Waals surface area contributed by atoms with Crippen LogP contribution in [0.4, 0.5) is 0 Å². The summed E-state index contributed by atoms with van der Waals surface area (Å²) in [7, 11) is -3.17. The van der Waals surface area contributed by atoms with Crippen LogP contribution in [-0.4, -0.2) is 38.8 Å². The molecule has 0 saturated carbocycles. The van der Waals surface area contributed by atoms with Crippen molar-refractivity contribution in [2.75, 3.05) is 24.2 Å². The fraction of sp³-hybridized carbons (Fsp3) is 1.00. The molecule has 0 bridgehead atoms. The monoisotopic (exact) mass is 313 g/mol. The fourth-order valence-corrected chi connectivity index (χ4v) is 3.83. The largest absolute Gasteiger partial charge is 0.377 e. The van der Waals surface area contributed by atoms with Crippen LogP contribution < -0.4 is 4.72 Å². The van der Waals surface area contributed by atoms with Gasteiger partial charge >= 0.3 is 0 Å². The highest BCUT2D eigenvalue weighted by Gasteiger charge is 2.23. The highest BCUT2D eigenvalue weighted by Crippen LogP contribution is 2.13. The molecule has 1 fully saturated rings. The molecule has 6 heteroatoms. The van der Waals surface area contributed by atoms with Gasteiger partial charge in [0.15, 0.2) is 0 Å². The lowest BCUT2D eigenvalue weighted by Crippen LogP contribution is -2.34. The van der Waals surface area contributed by atoms with E-state index in [4.69, 9.17) is 4.74 Å². The van der Waals surface area contributed by atoms with Gasteiger partial charge < -0.3 is 4.74 Å². The van der Waals surface area contributed by atoms with Crippen LogP contribution in [-0.2, 0) is 14.8 Å². The van der Waals surface area contributed by atoms with Crippen LogP contribution in [0.2, 0.25) is 0 Å². The minimum atomic E-state index is -3.17. The molecule has 0 aromatic rings. The number of rotatable bonds is 7. The quantitative estimate of drug-likeness (QED) is 0.725. The van der Waals surface area contributed by atoms with Crippen LogP contribution in [0.15, 0.2) is 0 Å². The van der Waals surface area contributed by atoms with Gasteiger partial charge in [-0.2, -0.15) is 0 Å². The molecule has 4 nitrogen and oxygen atoms in total. The van der Waals surface area contributed by atoms with E-state index in [9.17, 15) is 8.42 Å². The molecule has 0 aromatic carbocycles. The summed E-state index contributed by atoms with van der Waals surface area (Å²) in [5.74, 6) is 0.465. The smallest absolute Gasteiger partial charge is 0.214 e. The molecule has 0 aliphatic carbocycles. The first kappa shape index (κ1) is 14.4. The Morgan fingerprint density at radius 1 is 1.56 bits per heavy atom. The number of alkyl halides is 1. The highest BCUT2D eigenvalue weighted by atomic mass is 79.9. The number of ether oxygens (including phenoxy) is 1. The summed E-state index contributed by atoms with van der Waals surface area (Å²) in [6, 6.07) is 0. The number of sulfonamides is 1. The first-order valence-corrected chi connectivity index (χ1v) is 8.46. The average Bonchev–Trinajstić information content (AvgIpc) is 2.67. The second-order valence-corrected chi connectivity index (χ2v) is 6.99. The SMILES string of the molecule is CC(CCBr)CNS(=O)(=O)CC1CCCO1. The Bertz CT molecular complexity index is 288. The molecule has 1 aliphatic heterocycles. The van der Waals surface area contributed by atoms with Crippen molar-refractivity contribution in [3.05, 3.63) is 0 Å². The first-order valence-electron chi connectivity index (χ1n) is 5.68. The summed E-state index contributed by atoms with van der Waals surface area (Å²) < 4.78 is 31.3. The maximum Gasteiger partial charge on any atom is 0.214 e. The third-order valence-corrected chi connectivity index (χ3v) is 4.56. The lowest BCUT2D eigenvalue weighted by molar-refractivity contribution is 0.127. The van der Waals surface area contributed by atoms with Gasteiger partial charge in [-0.1, -0.05) is 22.9 Å². The molecule has 0 radical (unpaired) electrons. The van der Waals surface area contributed by atoms with Crippen molar-refractivity contribution in [2.24, 2.45) is 5.92 Å². The minimum absolute atomic E-state index is 0.105. The van der Waals surface area contributed by atoms with Crippen molar-refractivity contribution in [3.8, 4) is 0 Å². The van der Waals surface area contributed by atoms with Crippen molar-refractivity contribution in [3.63, 3.8) is 0 Å². The van der Waals surface area contributed by atoms with Gasteiger partial charge in [-0.25, -0.2) is 13.1 Å². The van der Waals surface area contributed by atoms with E-state index in [1.807, 2.05) is 6.92 Å². The molecule has 1 N–H and O–H groups in total. The molecule has 1 saturated heterocycles. The van der Waals surface area contributed by atoms with E-state index in [0.29, 0.717) is 19.1 Å². The normalized spacial score (nSPS) is 23.5. The maximum absolute atomic E-state index is 11.7. The molecule has 2 unspecified atom stereocenters. The number of halogens is 1. The second kappa shape index (κ2) is 6.93. The van der Waals surface area contributed by atoms with Gasteiger partial charge in [0.1, 0.15) is 0 Å². The minimum Gasteiger partial charge on any atom is -0.377 e. The molecular formula is C10H20BrNO3S. The van der Waals surface area contributed by atoms with E-state index in [-0.39, 0.29) is 11.9 Å². The zero-order valence-electron chi connectivity index (χ0n) is 9.62. The highest BCUT2D eigenvalue weighted by molar-refractivity contribution is 9.09. The lowest BCUT2D eigenvalue weighted by atomic mass is 10.1. The van der Waals surface area contributed by atoms with E-state index in [1.54, 1.807) is 0 Å². The Morgan fingerprint density at radius 2 is 2.31 bits per heavy atom. The molecule has 16 heavy (non-hydrogen) atoms. The van der Waals surface area contributed by atoms with E-state index in [1.165, 1.54) is 0 Å². The van der Waals surface area contributed by atoms with Gasteiger partial charge in [0.05, 0.1) is 11.9 Å². The molecule has 1 heterocycles. The van der Waals surface area contributed by atoms with E-state index >= 15 is 0 Å². The zero-order valence-corrected chi connectivity index (χ0v) is 12.0. The van der Waals surface area contributed by atoms with Crippen molar-refractivity contribution >= 4 is 26.0 Å². The lowest BCUT2D eigenvalue weighted by Gasteiger charge is -2.14. The Balaban J connectivity index is 2.27. The van der Waals surface area contributed by atoms with Crippen LogP contribution in [0.3, 0.4) is 0 Å². The molecule has 1 aliphatic rings. The molecule has 1 rings (SSSR count). The van der Waals surface area contributed by atoms with Gasteiger partial charge in [-0.3, -0.25) is 0 Å². The Hall–Kier alpha value is 0.350. The molecule has 0 spiro atoms. The molecule has 2 atom stereocenters. The van der Waals surface area contributed by atoms with E-state index in [2.05, 4.69) is 20.7 Å². The average molecular weight is 314 g/mol. The molecular weight excluding hydrogens is 294 g/mol. The van der Waals surface area contributed by atoms with Crippen molar-refractivity contribution < 1.29 is 13.2 Å². The summed E-state index contributed by atoms with van der Waals surface area (Å²) in [6.45, 7) is 3.25. The van der Waals surface area contributed by atoms with Gasteiger partial charge in [-0.05, 0) is 25.2 Å². The molecule has 0 aromatic heterocycles. The van der Waals surface area contributed by atoms with Crippen LogP contribution in [0, 0.1) is 5.92 Å². The first-order chi connectivity index (χ1) is 7.53. The predicted octanol–water partition coefficient (Wildman–Crippen LogP) is 1.51. The maximum atomic E-state index is 11.7. The van der Waals surface area contributed by atoms with Crippen molar-refractivity contribution in [2.45, 2.75) is 32.3 Å². The van der Waals surface area contributed by atoms with Crippen LogP contribution in [0.1, 0.15) is 26.2 Å². The van der Waals surface area contributed by atoms with Gasteiger partial charge in [0.2, 0.25) is 10.0 Å². The molecule has 96 valence electrons. The van der Waals surface area contributed by atoms with Gasteiger partial charge in [0.25, 0.3) is 0 Å². The summed E-state index contributed by atoms with van der Waals surface area (Å²) >= 11 is 3.34.